The van der Waals surface area contributed by atoms with E-state index >= 15 is 0 Å². The van der Waals surface area contributed by atoms with E-state index in [4.69, 9.17) is 0 Å². The van der Waals surface area contributed by atoms with Gasteiger partial charge < -0.3 is 9.47 Å². The molecule has 2 aromatic heterocycles. The smallest absolute Gasteiger partial charge is 0.255 e. The molecule has 21 heavy (non-hydrogen) atoms. The van der Waals surface area contributed by atoms with Crippen LogP contribution >= 0.6 is 0 Å². The van der Waals surface area contributed by atoms with Gasteiger partial charge in [-0.15, -0.1) is 0 Å². The Hall–Kier alpha value is -2.11. The fourth-order valence-corrected chi connectivity index (χ4v) is 2.74. The van der Waals surface area contributed by atoms with Crippen LogP contribution < -0.4 is 0 Å². The molecule has 0 N–H and O–H groups in total. The molecule has 0 saturated heterocycles. The lowest BCUT2D eigenvalue weighted by atomic mass is 10.2. The van der Waals surface area contributed by atoms with E-state index in [9.17, 15) is 4.79 Å². The average Bonchev–Trinajstić information content (AvgIpc) is 2.92. The molecule has 0 radical (unpaired) electrons. The molecule has 0 saturated carbocycles. The van der Waals surface area contributed by atoms with Crippen molar-refractivity contribution in [3.63, 3.8) is 0 Å². The zero-order chi connectivity index (χ0) is 15.7. The van der Waals surface area contributed by atoms with Gasteiger partial charge in [-0.3, -0.25) is 9.48 Å². The number of amides is 1. The Morgan fingerprint density at radius 3 is 2.52 bits per heavy atom. The first-order chi connectivity index (χ1) is 9.82. The van der Waals surface area contributed by atoms with Crippen LogP contribution in [-0.4, -0.2) is 37.2 Å². The van der Waals surface area contributed by atoms with Crippen LogP contribution in [0.15, 0.2) is 12.4 Å². The highest BCUT2D eigenvalue weighted by molar-refractivity contribution is 5.95. The lowest BCUT2D eigenvalue weighted by Crippen LogP contribution is -2.28. The monoisotopic (exact) mass is 289 g/mol. The summed E-state index contributed by atoms with van der Waals surface area (Å²) >= 11 is 0. The summed E-state index contributed by atoms with van der Waals surface area (Å²) in [5, 5.41) is 4.02. The maximum Gasteiger partial charge on any atom is 0.255 e. The highest BCUT2D eigenvalue weighted by atomic mass is 16.2. The Kier molecular flexibility index (Phi) is 4.16. The van der Waals surface area contributed by atoms with Crippen LogP contribution in [0.3, 0.4) is 0 Å². The number of aryl methyl sites for hydroxylation is 2. The number of hydrogen-bond donors (Lipinski definition) is 0. The van der Waals surface area contributed by atoms with Crippen molar-refractivity contribution in [1.29, 1.82) is 0 Å². The number of nitrogens with zero attached hydrogens (tertiary/aromatic N) is 5. The SMILES string of the molecule is Cc1cc(C(=O)N(C)Cc2ncnn2C)c(C)n1C(C)C. The second-order valence-corrected chi connectivity index (χ2v) is 5.71. The van der Waals surface area contributed by atoms with Crippen molar-refractivity contribution < 1.29 is 4.79 Å². The summed E-state index contributed by atoms with van der Waals surface area (Å²) in [5.74, 6) is 0.779. The van der Waals surface area contributed by atoms with E-state index in [1.165, 1.54) is 6.33 Å². The van der Waals surface area contributed by atoms with Crippen molar-refractivity contribution in [2.75, 3.05) is 7.05 Å². The summed E-state index contributed by atoms with van der Waals surface area (Å²) in [5.41, 5.74) is 2.88. The summed E-state index contributed by atoms with van der Waals surface area (Å²) in [6, 6.07) is 2.31. The minimum atomic E-state index is 0.0120. The van der Waals surface area contributed by atoms with Gasteiger partial charge in [0.15, 0.2) is 0 Å². The molecule has 2 rings (SSSR count). The van der Waals surface area contributed by atoms with Gasteiger partial charge in [-0.1, -0.05) is 0 Å². The first-order valence-corrected chi connectivity index (χ1v) is 7.09. The predicted molar refractivity (Wildman–Crippen MR) is 81.1 cm³/mol. The molecular weight excluding hydrogens is 266 g/mol. The first-order valence-electron chi connectivity index (χ1n) is 7.09. The molecular formula is C15H23N5O. The van der Waals surface area contributed by atoms with Crippen LogP contribution in [0, 0.1) is 13.8 Å². The molecule has 0 aliphatic carbocycles. The molecule has 0 atom stereocenters. The lowest BCUT2D eigenvalue weighted by Gasteiger charge is -2.17. The van der Waals surface area contributed by atoms with Crippen molar-refractivity contribution in [3.05, 3.63) is 35.2 Å². The van der Waals surface area contributed by atoms with Crippen molar-refractivity contribution in [3.8, 4) is 0 Å². The molecule has 2 heterocycles. The summed E-state index contributed by atoms with van der Waals surface area (Å²) in [7, 11) is 3.61. The van der Waals surface area contributed by atoms with Crippen LogP contribution in [0.2, 0.25) is 0 Å². The van der Waals surface area contributed by atoms with E-state index in [0.717, 1.165) is 22.8 Å². The predicted octanol–water partition coefficient (Wildman–Crippen LogP) is 2.09. The van der Waals surface area contributed by atoms with Crippen molar-refractivity contribution >= 4 is 5.91 Å². The van der Waals surface area contributed by atoms with Gasteiger partial charge in [0.05, 0.1) is 12.1 Å². The van der Waals surface area contributed by atoms with Crippen molar-refractivity contribution in [2.24, 2.45) is 7.05 Å². The summed E-state index contributed by atoms with van der Waals surface area (Å²) in [4.78, 5) is 18.5. The molecule has 0 aliphatic heterocycles. The Morgan fingerprint density at radius 1 is 1.38 bits per heavy atom. The average molecular weight is 289 g/mol. The van der Waals surface area contributed by atoms with Gasteiger partial charge in [-0.25, -0.2) is 4.98 Å². The van der Waals surface area contributed by atoms with E-state index in [0.29, 0.717) is 12.6 Å². The molecule has 6 nitrogen and oxygen atoms in total. The Bertz CT molecular complexity index is 653. The topological polar surface area (TPSA) is 56.0 Å². The highest BCUT2D eigenvalue weighted by Crippen LogP contribution is 2.21. The lowest BCUT2D eigenvalue weighted by molar-refractivity contribution is 0.0779. The molecule has 2 aromatic rings. The first kappa shape index (κ1) is 15.3. The van der Waals surface area contributed by atoms with Gasteiger partial charge in [-0.05, 0) is 33.8 Å². The zero-order valence-electron chi connectivity index (χ0n) is 13.6. The fraction of sp³-hybridized carbons (Fsp3) is 0.533. The molecule has 1 amide bonds. The van der Waals surface area contributed by atoms with E-state index in [-0.39, 0.29) is 5.91 Å². The van der Waals surface area contributed by atoms with Crippen LogP contribution in [0.25, 0.3) is 0 Å². The summed E-state index contributed by atoms with van der Waals surface area (Å²) < 4.78 is 3.87. The third-order valence-electron chi connectivity index (χ3n) is 3.76. The van der Waals surface area contributed by atoms with Gasteiger partial charge in [0.25, 0.3) is 5.91 Å². The van der Waals surface area contributed by atoms with Gasteiger partial charge >= 0.3 is 0 Å². The minimum Gasteiger partial charge on any atom is -0.346 e. The molecule has 0 unspecified atom stereocenters. The second kappa shape index (κ2) is 5.71. The Morgan fingerprint density at radius 2 is 2.05 bits per heavy atom. The second-order valence-electron chi connectivity index (χ2n) is 5.71. The van der Waals surface area contributed by atoms with E-state index in [1.54, 1.807) is 16.6 Å². The zero-order valence-corrected chi connectivity index (χ0v) is 13.6. The van der Waals surface area contributed by atoms with Crippen molar-refractivity contribution in [2.45, 2.75) is 40.3 Å². The van der Waals surface area contributed by atoms with Gasteiger partial charge in [-0.2, -0.15) is 5.10 Å². The maximum absolute atomic E-state index is 12.6. The Balaban J connectivity index is 2.24. The summed E-state index contributed by atoms with van der Waals surface area (Å²) in [6.45, 7) is 8.72. The molecule has 0 spiro atoms. The highest BCUT2D eigenvalue weighted by Gasteiger charge is 2.21. The van der Waals surface area contributed by atoms with Gasteiger partial charge in [0, 0.05) is 31.5 Å². The summed E-state index contributed by atoms with van der Waals surface area (Å²) in [6.07, 6.45) is 1.50. The third-order valence-corrected chi connectivity index (χ3v) is 3.76. The Labute approximate surface area is 125 Å². The van der Waals surface area contributed by atoms with E-state index < -0.39 is 0 Å². The number of carbonyl (C=O) groups excluding carboxylic acids is 1. The van der Waals surface area contributed by atoms with Gasteiger partial charge in [0.1, 0.15) is 12.2 Å². The van der Waals surface area contributed by atoms with E-state index in [2.05, 4.69) is 28.5 Å². The van der Waals surface area contributed by atoms with Crippen LogP contribution in [0.1, 0.15) is 47.5 Å². The van der Waals surface area contributed by atoms with Gasteiger partial charge in [0.2, 0.25) is 0 Å². The van der Waals surface area contributed by atoms with Crippen LogP contribution in [-0.2, 0) is 13.6 Å². The standard InChI is InChI=1S/C15H23N5O/c1-10(2)20-11(3)7-13(12(20)4)15(21)18(5)8-14-16-9-17-19(14)6/h7,9-10H,8H2,1-6H3. The van der Waals surface area contributed by atoms with Crippen molar-refractivity contribution in [1.82, 2.24) is 24.2 Å². The quantitative estimate of drug-likeness (QED) is 0.866. The van der Waals surface area contributed by atoms with E-state index in [1.807, 2.05) is 27.0 Å². The van der Waals surface area contributed by atoms with Crippen LogP contribution in [0.4, 0.5) is 0 Å². The minimum absolute atomic E-state index is 0.0120. The van der Waals surface area contributed by atoms with Crippen LogP contribution in [0.5, 0.6) is 0 Å². The number of rotatable bonds is 4. The molecule has 0 bridgehead atoms. The number of aromatic nitrogens is 4. The normalized spacial score (nSPS) is 11.2. The largest absolute Gasteiger partial charge is 0.346 e. The third kappa shape index (κ3) is 2.84. The maximum atomic E-state index is 12.6. The number of hydrogen-bond acceptors (Lipinski definition) is 3. The molecule has 0 fully saturated rings. The molecule has 0 aliphatic rings. The molecule has 114 valence electrons. The molecule has 6 heteroatoms. The number of carbonyl (C=O) groups is 1. The molecule has 0 aromatic carbocycles. The fourth-order valence-electron chi connectivity index (χ4n) is 2.74.